The van der Waals surface area contributed by atoms with E-state index >= 15 is 0 Å². The van der Waals surface area contributed by atoms with Crippen molar-refractivity contribution in [2.45, 2.75) is 19.4 Å². The Morgan fingerprint density at radius 3 is 2.86 bits per heavy atom. The first-order chi connectivity index (χ1) is 10.8. The van der Waals surface area contributed by atoms with E-state index in [0.717, 1.165) is 36.1 Å². The van der Waals surface area contributed by atoms with Gasteiger partial charge in [-0.1, -0.05) is 12.1 Å². The van der Waals surface area contributed by atoms with Gasteiger partial charge in [-0.05, 0) is 30.5 Å². The summed E-state index contributed by atoms with van der Waals surface area (Å²) in [4.78, 5) is 8.70. The van der Waals surface area contributed by atoms with Crippen LogP contribution < -0.4 is 5.32 Å². The summed E-state index contributed by atoms with van der Waals surface area (Å²) in [7, 11) is 1.92. The molecule has 22 heavy (non-hydrogen) atoms. The van der Waals surface area contributed by atoms with Crippen LogP contribution in [-0.2, 0) is 20.1 Å². The van der Waals surface area contributed by atoms with Crippen molar-refractivity contribution in [3.05, 3.63) is 48.0 Å². The second-order valence-electron chi connectivity index (χ2n) is 5.22. The van der Waals surface area contributed by atoms with E-state index in [1.54, 1.807) is 0 Å². The molecule has 0 aliphatic carbocycles. The zero-order valence-electron chi connectivity index (χ0n) is 12.5. The molecular formula is C16H19N5O. The maximum absolute atomic E-state index is 9.28. The minimum absolute atomic E-state index is 0.158. The van der Waals surface area contributed by atoms with Gasteiger partial charge >= 0.3 is 0 Å². The molecule has 0 saturated heterocycles. The third-order valence-corrected chi connectivity index (χ3v) is 3.48. The van der Waals surface area contributed by atoms with E-state index in [-0.39, 0.29) is 6.61 Å². The molecule has 1 aromatic carbocycles. The molecule has 0 aliphatic rings. The van der Waals surface area contributed by atoms with Gasteiger partial charge in [0.15, 0.2) is 5.82 Å². The Hall–Kier alpha value is -2.47. The third-order valence-electron chi connectivity index (χ3n) is 3.48. The van der Waals surface area contributed by atoms with Crippen LogP contribution in [0.25, 0.3) is 10.9 Å². The highest BCUT2D eigenvalue weighted by Crippen LogP contribution is 2.20. The minimum Gasteiger partial charge on any atom is -0.388 e. The monoisotopic (exact) mass is 297 g/mol. The van der Waals surface area contributed by atoms with E-state index in [9.17, 15) is 5.11 Å². The van der Waals surface area contributed by atoms with Crippen LogP contribution in [0.15, 0.2) is 36.7 Å². The third kappa shape index (κ3) is 3.23. The molecule has 0 aliphatic heterocycles. The molecule has 3 aromatic rings. The van der Waals surface area contributed by atoms with Crippen molar-refractivity contribution in [1.29, 1.82) is 0 Å². The van der Waals surface area contributed by atoms with Gasteiger partial charge in [-0.15, -0.1) is 0 Å². The van der Waals surface area contributed by atoms with Gasteiger partial charge in [-0.2, -0.15) is 5.10 Å². The second-order valence-corrected chi connectivity index (χ2v) is 5.22. The number of hydrogen-bond acceptors (Lipinski definition) is 5. The van der Waals surface area contributed by atoms with Gasteiger partial charge in [0.1, 0.15) is 12.4 Å². The van der Waals surface area contributed by atoms with E-state index in [2.05, 4.69) is 20.4 Å². The Morgan fingerprint density at radius 1 is 1.23 bits per heavy atom. The Balaban J connectivity index is 1.67. The molecule has 114 valence electrons. The molecule has 0 atom stereocenters. The summed E-state index contributed by atoms with van der Waals surface area (Å²) >= 11 is 0. The fourth-order valence-corrected chi connectivity index (χ4v) is 2.43. The summed E-state index contributed by atoms with van der Waals surface area (Å²) in [6.45, 7) is 0.649. The lowest BCUT2D eigenvalue weighted by Gasteiger charge is -2.09. The van der Waals surface area contributed by atoms with E-state index in [0.29, 0.717) is 5.82 Å². The number of nitrogens with one attached hydrogen (secondary N) is 1. The van der Waals surface area contributed by atoms with E-state index in [4.69, 9.17) is 0 Å². The van der Waals surface area contributed by atoms with E-state index in [1.807, 2.05) is 48.4 Å². The van der Waals surface area contributed by atoms with Crippen molar-refractivity contribution in [2.24, 2.45) is 7.05 Å². The summed E-state index contributed by atoms with van der Waals surface area (Å²) in [5.74, 6) is 1.22. The summed E-state index contributed by atoms with van der Waals surface area (Å²) < 4.78 is 1.81. The first-order valence-electron chi connectivity index (χ1n) is 7.34. The fraction of sp³-hybridized carbons (Fsp3) is 0.312. The number of nitrogens with zero attached hydrogens (tertiary/aromatic N) is 4. The molecule has 0 spiro atoms. The summed E-state index contributed by atoms with van der Waals surface area (Å²) in [6, 6.07) is 7.81. The molecular weight excluding hydrogens is 278 g/mol. The number of aliphatic hydroxyl groups excluding tert-OH is 1. The zero-order valence-corrected chi connectivity index (χ0v) is 12.5. The average molecular weight is 297 g/mol. The molecule has 0 radical (unpaired) electrons. The SMILES string of the molecule is Cn1cc(CCCNc2nc(CO)nc3ccccc23)cn1. The number of aryl methyl sites for hydroxylation is 2. The highest BCUT2D eigenvalue weighted by Gasteiger charge is 2.06. The molecule has 0 saturated carbocycles. The van der Waals surface area contributed by atoms with E-state index < -0.39 is 0 Å². The van der Waals surface area contributed by atoms with Gasteiger partial charge in [0, 0.05) is 25.2 Å². The number of hydrogen-bond donors (Lipinski definition) is 2. The lowest BCUT2D eigenvalue weighted by atomic mass is 10.2. The van der Waals surface area contributed by atoms with Crippen molar-refractivity contribution < 1.29 is 5.11 Å². The largest absolute Gasteiger partial charge is 0.388 e. The maximum atomic E-state index is 9.28. The summed E-state index contributed by atoms with van der Waals surface area (Å²) in [5.41, 5.74) is 2.07. The minimum atomic E-state index is -0.158. The second kappa shape index (κ2) is 6.53. The number of aromatic nitrogens is 4. The fourth-order valence-electron chi connectivity index (χ4n) is 2.43. The van der Waals surface area contributed by atoms with Crippen molar-refractivity contribution in [2.75, 3.05) is 11.9 Å². The smallest absolute Gasteiger partial charge is 0.156 e. The van der Waals surface area contributed by atoms with Crippen molar-refractivity contribution in [3.63, 3.8) is 0 Å². The Bertz CT molecular complexity index is 768. The van der Waals surface area contributed by atoms with Crippen LogP contribution in [-0.4, -0.2) is 31.4 Å². The number of rotatable bonds is 6. The van der Waals surface area contributed by atoms with Crippen LogP contribution in [0, 0.1) is 0 Å². The molecule has 0 bridgehead atoms. The molecule has 3 rings (SSSR count). The van der Waals surface area contributed by atoms with Crippen LogP contribution in [0.3, 0.4) is 0 Å². The van der Waals surface area contributed by atoms with Gasteiger partial charge in [-0.25, -0.2) is 9.97 Å². The number of aliphatic hydroxyl groups is 1. The summed E-state index contributed by atoms with van der Waals surface area (Å²) in [6.07, 6.45) is 5.88. The lowest BCUT2D eigenvalue weighted by Crippen LogP contribution is -2.07. The predicted molar refractivity (Wildman–Crippen MR) is 85.5 cm³/mol. The molecule has 2 N–H and O–H groups in total. The summed E-state index contributed by atoms with van der Waals surface area (Å²) in [5, 5.41) is 17.8. The quantitative estimate of drug-likeness (QED) is 0.680. The maximum Gasteiger partial charge on any atom is 0.156 e. The van der Waals surface area contributed by atoms with Crippen molar-refractivity contribution in [1.82, 2.24) is 19.7 Å². The average Bonchev–Trinajstić information content (AvgIpc) is 2.96. The molecule has 6 heteroatoms. The Labute approximate surface area is 128 Å². The van der Waals surface area contributed by atoms with Crippen molar-refractivity contribution >= 4 is 16.7 Å². The van der Waals surface area contributed by atoms with Gasteiger partial charge in [0.25, 0.3) is 0 Å². The standard InChI is InChI=1S/C16H19N5O/c1-21-10-12(9-18-21)5-4-8-17-16-13-6-2-3-7-14(13)19-15(11-22)20-16/h2-3,6-7,9-10,22H,4-5,8,11H2,1H3,(H,17,19,20). The van der Waals surface area contributed by atoms with Gasteiger partial charge in [-0.3, -0.25) is 4.68 Å². The van der Waals surface area contributed by atoms with Crippen LogP contribution >= 0.6 is 0 Å². The zero-order chi connectivity index (χ0) is 15.4. The highest BCUT2D eigenvalue weighted by atomic mass is 16.3. The number of anilines is 1. The number of benzene rings is 1. The first kappa shape index (κ1) is 14.5. The van der Waals surface area contributed by atoms with Gasteiger partial charge in [0.2, 0.25) is 0 Å². The molecule has 0 amide bonds. The Kier molecular flexibility index (Phi) is 4.29. The molecule has 2 aromatic heterocycles. The van der Waals surface area contributed by atoms with Gasteiger partial charge in [0.05, 0.1) is 11.7 Å². The van der Waals surface area contributed by atoms with Crippen LogP contribution in [0.2, 0.25) is 0 Å². The van der Waals surface area contributed by atoms with Gasteiger partial charge < -0.3 is 10.4 Å². The Morgan fingerprint density at radius 2 is 2.09 bits per heavy atom. The highest BCUT2D eigenvalue weighted by molar-refractivity contribution is 5.88. The molecule has 6 nitrogen and oxygen atoms in total. The lowest BCUT2D eigenvalue weighted by molar-refractivity contribution is 0.272. The molecule has 0 unspecified atom stereocenters. The molecule has 2 heterocycles. The van der Waals surface area contributed by atoms with Crippen molar-refractivity contribution in [3.8, 4) is 0 Å². The first-order valence-corrected chi connectivity index (χ1v) is 7.34. The predicted octanol–water partition coefficient (Wildman–Crippen LogP) is 1.90. The van der Waals surface area contributed by atoms with Crippen LogP contribution in [0.4, 0.5) is 5.82 Å². The van der Waals surface area contributed by atoms with Crippen LogP contribution in [0.1, 0.15) is 17.8 Å². The number of fused-ring (bicyclic) bond motifs is 1. The normalized spacial score (nSPS) is 11.0. The molecule has 0 fully saturated rings. The number of para-hydroxylation sites is 1. The topological polar surface area (TPSA) is 75.9 Å². The van der Waals surface area contributed by atoms with Crippen LogP contribution in [0.5, 0.6) is 0 Å². The van der Waals surface area contributed by atoms with E-state index in [1.165, 1.54) is 5.56 Å².